The standard InChI is InChI=1S/C19H17N3O3S2/c1-13-11-15-12-16(27(24,25)21-19-20-9-10-26-19)7-8-17(15)22(13)18(23)14-5-3-2-4-6-14/h2-10,12-13H,11H2,1H3,(H,20,21)/t13-/m0/s1. The molecular formula is C19H17N3O3S2. The van der Waals surface area contributed by atoms with E-state index in [1.54, 1.807) is 40.7 Å². The number of rotatable bonds is 4. The van der Waals surface area contributed by atoms with Gasteiger partial charge in [-0.1, -0.05) is 18.2 Å². The predicted molar refractivity (Wildman–Crippen MR) is 106 cm³/mol. The molecule has 0 saturated carbocycles. The molecule has 0 unspecified atom stereocenters. The zero-order valence-corrected chi connectivity index (χ0v) is 16.1. The second-order valence-electron chi connectivity index (χ2n) is 6.33. The lowest BCUT2D eigenvalue weighted by Gasteiger charge is -2.23. The van der Waals surface area contributed by atoms with Gasteiger partial charge in [0.25, 0.3) is 15.9 Å². The normalized spacial score (nSPS) is 16.2. The number of benzene rings is 2. The predicted octanol–water partition coefficient (Wildman–Crippen LogP) is 3.54. The number of carbonyl (C=O) groups excluding carboxylic acids is 1. The Morgan fingerprint density at radius 2 is 2.00 bits per heavy atom. The number of nitrogens with one attached hydrogen (secondary N) is 1. The van der Waals surface area contributed by atoms with Gasteiger partial charge in [0.05, 0.1) is 4.90 Å². The van der Waals surface area contributed by atoms with Crippen LogP contribution in [0.4, 0.5) is 10.8 Å². The summed E-state index contributed by atoms with van der Waals surface area (Å²) >= 11 is 1.22. The number of fused-ring (bicyclic) bond motifs is 1. The van der Waals surface area contributed by atoms with Gasteiger partial charge in [0.15, 0.2) is 5.13 Å². The molecule has 1 atom stereocenters. The third-order valence-corrected chi connectivity index (χ3v) is 6.62. The Morgan fingerprint density at radius 3 is 2.70 bits per heavy atom. The fourth-order valence-corrected chi connectivity index (χ4v) is 5.09. The number of sulfonamides is 1. The van der Waals surface area contributed by atoms with Crippen LogP contribution in [0.1, 0.15) is 22.8 Å². The van der Waals surface area contributed by atoms with Crippen molar-refractivity contribution in [1.82, 2.24) is 4.98 Å². The average Bonchev–Trinajstić information content (AvgIpc) is 3.27. The second-order valence-corrected chi connectivity index (χ2v) is 8.90. The van der Waals surface area contributed by atoms with Crippen LogP contribution in [-0.2, 0) is 16.4 Å². The van der Waals surface area contributed by atoms with E-state index >= 15 is 0 Å². The van der Waals surface area contributed by atoms with Crippen molar-refractivity contribution in [3.05, 3.63) is 71.2 Å². The minimum Gasteiger partial charge on any atom is -0.305 e. The molecule has 4 rings (SSSR count). The first-order valence-electron chi connectivity index (χ1n) is 8.39. The highest BCUT2D eigenvalue weighted by Crippen LogP contribution is 2.35. The van der Waals surface area contributed by atoms with Gasteiger partial charge in [0, 0.05) is 28.9 Å². The summed E-state index contributed by atoms with van der Waals surface area (Å²) in [5.41, 5.74) is 2.21. The topological polar surface area (TPSA) is 79.4 Å². The Kier molecular flexibility index (Phi) is 4.45. The Labute approximate surface area is 161 Å². The average molecular weight is 399 g/mol. The molecule has 1 aliphatic rings. The van der Waals surface area contributed by atoms with Crippen LogP contribution in [0, 0.1) is 0 Å². The van der Waals surface area contributed by atoms with Gasteiger partial charge in [-0.05, 0) is 49.2 Å². The van der Waals surface area contributed by atoms with Crippen LogP contribution in [-0.4, -0.2) is 25.4 Å². The van der Waals surface area contributed by atoms with E-state index < -0.39 is 10.0 Å². The van der Waals surface area contributed by atoms with Gasteiger partial charge in [0.1, 0.15) is 0 Å². The summed E-state index contributed by atoms with van der Waals surface area (Å²) < 4.78 is 27.7. The van der Waals surface area contributed by atoms with Crippen molar-refractivity contribution in [2.75, 3.05) is 9.62 Å². The number of carbonyl (C=O) groups is 1. The summed E-state index contributed by atoms with van der Waals surface area (Å²) in [5.74, 6) is -0.0848. The molecule has 0 spiro atoms. The second kappa shape index (κ2) is 6.79. The van der Waals surface area contributed by atoms with Gasteiger partial charge < -0.3 is 4.90 Å². The van der Waals surface area contributed by atoms with Crippen LogP contribution in [0.25, 0.3) is 0 Å². The molecule has 1 aromatic heterocycles. The summed E-state index contributed by atoms with van der Waals surface area (Å²) in [6.07, 6.45) is 2.15. The van der Waals surface area contributed by atoms with E-state index in [0.717, 1.165) is 11.3 Å². The van der Waals surface area contributed by atoms with E-state index in [0.29, 0.717) is 17.1 Å². The lowest BCUT2D eigenvalue weighted by Crippen LogP contribution is -2.35. The molecule has 0 bridgehead atoms. The number of hydrogen-bond acceptors (Lipinski definition) is 5. The monoisotopic (exact) mass is 399 g/mol. The SMILES string of the molecule is C[C@H]1Cc2cc(S(=O)(=O)Nc3nccs3)ccc2N1C(=O)c1ccccc1. The number of thiazole rings is 1. The third kappa shape index (κ3) is 3.33. The smallest absolute Gasteiger partial charge is 0.263 e. The quantitative estimate of drug-likeness (QED) is 0.728. The van der Waals surface area contributed by atoms with Crippen LogP contribution in [0.3, 0.4) is 0 Å². The molecular weight excluding hydrogens is 382 g/mol. The number of hydrogen-bond donors (Lipinski definition) is 1. The van der Waals surface area contributed by atoms with Crippen molar-refractivity contribution < 1.29 is 13.2 Å². The molecule has 1 N–H and O–H groups in total. The van der Waals surface area contributed by atoms with Gasteiger partial charge in [0.2, 0.25) is 0 Å². The summed E-state index contributed by atoms with van der Waals surface area (Å²) in [7, 11) is -3.72. The maximum absolute atomic E-state index is 12.9. The first-order valence-corrected chi connectivity index (χ1v) is 10.8. The maximum Gasteiger partial charge on any atom is 0.263 e. The molecule has 8 heteroatoms. The highest BCUT2D eigenvalue weighted by molar-refractivity contribution is 7.93. The van der Waals surface area contributed by atoms with Crippen LogP contribution in [0.15, 0.2) is 65.0 Å². The molecule has 3 aromatic rings. The van der Waals surface area contributed by atoms with Gasteiger partial charge in [-0.3, -0.25) is 9.52 Å². The first-order chi connectivity index (χ1) is 13.0. The number of amides is 1. The highest BCUT2D eigenvalue weighted by atomic mass is 32.2. The Morgan fingerprint density at radius 1 is 1.22 bits per heavy atom. The number of aromatic nitrogens is 1. The third-order valence-electron chi connectivity index (χ3n) is 4.47. The molecule has 2 heterocycles. The van der Waals surface area contributed by atoms with Crippen LogP contribution in [0.2, 0.25) is 0 Å². The highest BCUT2D eigenvalue weighted by Gasteiger charge is 2.32. The fraction of sp³-hybridized carbons (Fsp3) is 0.158. The first kappa shape index (κ1) is 17.7. The molecule has 138 valence electrons. The lowest BCUT2D eigenvalue weighted by atomic mass is 10.1. The molecule has 0 aliphatic carbocycles. The fourth-order valence-electron chi connectivity index (χ4n) is 3.25. The van der Waals surface area contributed by atoms with Gasteiger partial charge in [-0.2, -0.15) is 0 Å². The van der Waals surface area contributed by atoms with Crippen molar-refractivity contribution in [3.8, 4) is 0 Å². The molecule has 2 aromatic carbocycles. The van der Waals surface area contributed by atoms with E-state index in [2.05, 4.69) is 9.71 Å². The van der Waals surface area contributed by atoms with Crippen LogP contribution < -0.4 is 9.62 Å². The summed E-state index contributed by atoms with van der Waals surface area (Å²) in [6, 6.07) is 13.9. The van der Waals surface area contributed by atoms with Crippen molar-refractivity contribution in [3.63, 3.8) is 0 Å². The Balaban J connectivity index is 1.66. The summed E-state index contributed by atoms with van der Waals surface area (Å²) in [6.45, 7) is 1.96. The zero-order chi connectivity index (χ0) is 19.0. The van der Waals surface area contributed by atoms with E-state index in [1.807, 2.05) is 25.1 Å². The van der Waals surface area contributed by atoms with E-state index in [-0.39, 0.29) is 16.8 Å². The number of anilines is 2. The molecule has 1 aliphatic heterocycles. The Hall–Kier alpha value is -2.71. The van der Waals surface area contributed by atoms with E-state index in [1.165, 1.54) is 17.4 Å². The van der Waals surface area contributed by atoms with Crippen molar-refractivity contribution in [2.45, 2.75) is 24.3 Å². The largest absolute Gasteiger partial charge is 0.305 e. The van der Waals surface area contributed by atoms with Gasteiger partial charge >= 0.3 is 0 Å². The van der Waals surface area contributed by atoms with Crippen LogP contribution >= 0.6 is 11.3 Å². The zero-order valence-electron chi connectivity index (χ0n) is 14.5. The van der Waals surface area contributed by atoms with E-state index in [4.69, 9.17) is 0 Å². The summed E-state index contributed by atoms with van der Waals surface area (Å²) in [4.78, 5) is 18.8. The van der Waals surface area contributed by atoms with Crippen molar-refractivity contribution in [1.29, 1.82) is 0 Å². The molecule has 1 amide bonds. The molecule has 0 radical (unpaired) electrons. The lowest BCUT2D eigenvalue weighted by molar-refractivity contribution is 0.0981. The van der Waals surface area contributed by atoms with Crippen molar-refractivity contribution >= 4 is 38.1 Å². The van der Waals surface area contributed by atoms with Gasteiger partial charge in [-0.25, -0.2) is 13.4 Å². The molecule has 0 fully saturated rings. The maximum atomic E-state index is 12.9. The van der Waals surface area contributed by atoms with Crippen molar-refractivity contribution in [2.24, 2.45) is 0 Å². The minimum absolute atomic E-state index is 0.0439. The Bertz CT molecular complexity index is 1080. The minimum atomic E-state index is -3.72. The number of nitrogens with zero attached hydrogens (tertiary/aromatic N) is 2. The molecule has 6 nitrogen and oxygen atoms in total. The summed E-state index contributed by atoms with van der Waals surface area (Å²) in [5, 5.41) is 2.03. The van der Waals surface area contributed by atoms with Crippen LogP contribution in [0.5, 0.6) is 0 Å². The van der Waals surface area contributed by atoms with Gasteiger partial charge in [-0.15, -0.1) is 11.3 Å². The molecule has 27 heavy (non-hydrogen) atoms. The van der Waals surface area contributed by atoms with E-state index in [9.17, 15) is 13.2 Å². The molecule has 0 saturated heterocycles.